The van der Waals surface area contributed by atoms with E-state index in [1.54, 1.807) is 0 Å². The number of aromatic amines is 1. The second kappa shape index (κ2) is 6.41. The predicted octanol–water partition coefficient (Wildman–Crippen LogP) is 3.86. The number of allylic oxidation sites excluding steroid dienone is 1. The van der Waals surface area contributed by atoms with Crippen LogP contribution in [0.25, 0.3) is 10.9 Å². The summed E-state index contributed by atoms with van der Waals surface area (Å²) in [6.07, 6.45) is 6.32. The molecule has 18 heavy (non-hydrogen) atoms. The average Bonchev–Trinajstić information content (AvgIpc) is 2.84. The van der Waals surface area contributed by atoms with Crippen molar-refractivity contribution in [3.8, 4) is 0 Å². The summed E-state index contributed by atoms with van der Waals surface area (Å²) >= 11 is 0. The smallest absolute Gasteiger partial charge is 0.0457 e. The van der Waals surface area contributed by atoms with Gasteiger partial charge in [-0.15, -0.1) is 6.58 Å². The van der Waals surface area contributed by atoms with E-state index in [9.17, 15) is 0 Å². The topological polar surface area (TPSA) is 27.8 Å². The van der Waals surface area contributed by atoms with Gasteiger partial charge in [0.15, 0.2) is 0 Å². The van der Waals surface area contributed by atoms with Gasteiger partial charge in [0.1, 0.15) is 0 Å². The van der Waals surface area contributed by atoms with Crippen LogP contribution in [0.2, 0.25) is 0 Å². The lowest BCUT2D eigenvalue weighted by Crippen LogP contribution is -2.17. The Bertz CT molecular complexity index is 499. The van der Waals surface area contributed by atoms with Gasteiger partial charge in [-0.3, -0.25) is 0 Å². The summed E-state index contributed by atoms with van der Waals surface area (Å²) in [5.74, 6) is 0.720. The van der Waals surface area contributed by atoms with E-state index in [4.69, 9.17) is 0 Å². The van der Waals surface area contributed by atoms with Gasteiger partial charge in [-0.05, 0) is 43.0 Å². The van der Waals surface area contributed by atoms with Gasteiger partial charge in [0.25, 0.3) is 0 Å². The Morgan fingerprint density at radius 1 is 1.39 bits per heavy atom. The van der Waals surface area contributed by atoms with Crippen molar-refractivity contribution in [2.75, 3.05) is 6.54 Å². The number of H-pyrrole nitrogens is 1. The molecule has 1 unspecified atom stereocenters. The third-order valence-electron chi connectivity index (χ3n) is 3.38. The van der Waals surface area contributed by atoms with E-state index in [0.717, 1.165) is 25.4 Å². The van der Waals surface area contributed by atoms with Gasteiger partial charge >= 0.3 is 0 Å². The van der Waals surface area contributed by atoms with Crippen molar-refractivity contribution in [3.63, 3.8) is 0 Å². The quantitative estimate of drug-likeness (QED) is 0.560. The second-order valence-electron chi connectivity index (χ2n) is 4.95. The third-order valence-corrected chi connectivity index (χ3v) is 3.38. The fraction of sp³-hybridized carbons (Fsp3) is 0.375. The van der Waals surface area contributed by atoms with Crippen LogP contribution in [0.15, 0.2) is 43.1 Å². The Hall–Kier alpha value is -1.54. The lowest BCUT2D eigenvalue weighted by molar-refractivity contribution is 0.506. The maximum Gasteiger partial charge on any atom is 0.0457 e. The van der Waals surface area contributed by atoms with E-state index in [1.165, 1.54) is 22.9 Å². The van der Waals surface area contributed by atoms with E-state index in [0.29, 0.717) is 0 Å². The van der Waals surface area contributed by atoms with Gasteiger partial charge in [-0.1, -0.05) is 25.1 Å². The van der Waals surface area contributed by atoms with Crippen LogP contribution in [0.1, 0.15) is 25.3 Å². The summed E-state index contributed by atoms with van der Waals surface area (Å²) in [6, 6.07) is 8.56. The van der Waals surface area contributed by atoms with Gasteiger partial charge in [-0.25, -0.2) is 0 Å². The molecule has 2 heteroatoms. The standard InChI is InChI=1S/C16H22N2/c1-3-5-13(2)8-10-17-12-14-6-4-7-16-15(14)9-11-18-16/h3-4,6-7,9,11,13,17-18H,1,5,8,10,12H2,2H3. The molecular weight excluding hydrogens is 220 g/mol. The Labute approximate surface area is 109 Å². The number of aromatic nitrogens is 1. The minimum atomic E-state index is 0.720. The summed E-state index contributed by atoms with van der Waals surface area (Å²) in [4.78, 5) is 3.25. The lowest BCUT2D eigenvalue weighted by atomic mass is 10.0. The molecule has 96 valence electrons. The van der Waals surface area contributed by atoms with E-state index in [2.05, 4.69) is 48.1 Å². The van der Waals surface area contributed by atoms with Crippen molar-refractivity contribution in [1.82, 2.24) is 10.3 Å². The summed E-state index contributed by atoms with van der Waals surface area (Å²) in [6.45, 7) is 8.06. The van der Waals surface area contributed by atoms with Crippen molar-refractivity contribution < 1.29 is 0 Å². The van der Waals surface area contributed by atoms with Crippen LogP contribution >= 0.6 is 0 Å². The van der Waals surface area contributed by atoms with Crippen molar-refractivity contribution in [3.05, 3.63) is 48.7 Å². The molecule has 0 bridgehead atoms. The first kappa shape index (κ1) is 12.9. The molecule has 2 aromatic rings. The highest BCUT2D eigenvalue weighted by atomic mass is 14.8. The number of hydrogen-bond donors (Lipinski definition) is 2. The van der Waals surface area contributed by atoms with Gasteiger partial charge in [0, 0.05) is 23.6 Å². The summed E-state index contributed by atoms with van der Waals surface area (Å²) in [5, 5.41) is 4.85. The highest BCUT2D eigenvalue weighted by Gasteiger charge is 2.02. The van der Waals surface area contributed by atoms with Crippen molar-refractivity contribution in [2.45, 2.75) is 26.3 Å². The van der Waals surface area contributed by atoms with E-state index < -0.39 is 0 Å². The maximum atomic E-state index is 3.78. The van der Waals surface area contributed by atoms with Crippen molar-refractivity contribution in [2.24, 2.45) is 5.92 Å². The first-order chi connectivity index (χ1) is 8.81. The molecule has 2 N–H and O–H groups in total. The van der Waals surface area contributed by atoms with E-state index in [1.807, 2.05) is 12.3 Å². The first-order valence-electron chi connectivity index (χ1n) is 6.68. The fourth-order valence-electron chi connectivity index (χ4n) is 2.28. The number of rotatable bonds is 7. The molecule has 0 fully saturated rings. The summed E-state index contributed by atoms with van der Waals surface area (Å²) in [5.41, 5.74) is 2.58. The van der Waals surface area contributed by atoms with Crippen LogP contribution < -0.4 is 5.32 Å². The first-order valence-corrected chi connectivity index (χ1v) is 6.68. The zero-order valence-corrected chi connectivity index (χ0v) is 11.1. The van der Waals surface area contributed by atoms with Crippen molar-refractivity contribution >= 4 is 10.9 Å². The van der Waals surface area contributed by atoms with E-state index >= 15 is 0 Å². The third kappa shape index (κ3) is 3.23. The summed E-state index contributed by atoms with van der Waals surface area (Å²) in [7, 11) is 0. The highest BCUT2D eigenvalue weighted by Crippen LogP contribution is 2.17. The molecule has 0 aliphatic carbocycles. The van der Waals surface area contributed by atoms with Crippen LogP contribution in [0.4, 0.5) is 0 Å². The molecule has 0 aliphatic heterocycles. The monoisotopic (exact) mass is 242 g/mol. The van der Waals surface area contributed by atoms with Gasteiger partial charge in [-0.2, -0.15) is 0 Å². The Balaban J connectivity index is 1.83. The average molecular weight is 242 g/mol. The minimum absolute atomic E-state index is 0.720. The zero-order valence-electron chi connectivity index (χ0n) is 11.1. The predicted molar refractivity (Wildman–Crippen MR) is 78.6 cm³/mol. The molecule has 0 saturated carbocycles. The molecule has 1 heterocycles. The maximum absolute atomic E-state index is 3.78. The molecule has 1 atom stereocenters. The van der Waals surface area contributed by atoms with Crippen LogP contribution in [-0.4, -0.2) is 11.5 Å². The van der Waals surface area contributed by atoms with Crippen molar-refractivity contribution in [1.29, 1.82) is 0 Å². The van der Waals surface area contributed by atoms with Crippen LogP contribution in [0, 0.1) is 5.92 Å². The zero-order chi connectivity index (χ0) is 12.8. The van der Waals surface area contributed by atoms with E-state index in [-0.39, 0.29) is 0 Å². The Kier molecular flexibility index (Phi) is 4.59. The molecular formula is C16H22N2. The number of nitrogens with one attached hydrogen (secondary N) is 2. The molecule has 0 saturated heterocycles. The number of hydrogen-bond acceptors (Lipinski definition) is 1. The molecule has 0 radical (unpaired) electrons. The SMILES string of the molecule is C=CCC(C)CCNCc1cccc2[nH]ccc12. The molecule has 0 amide bonds. The van der Waals surface area contributed by atoms with Crippen LogP contribution in [0.5, 0.6) is 0 Å². The normalized spacial score (nSPS) is 12.7. The molecule has 2 nitrogen and oxygen atoms in total. The Morgan fingerprint density at radius 3 is 3.11 bits per heavy atom. The molecule has 1 aromatic carbocycles. The number of fused-ring (bicyclic) bond motifs is 1. The highest BCUT2D eigenvalue weighted by molar-refractivity contribution is 5.82. The minimum Gasteiger partial charge on any atom is -0.361 e. The number of benzene rings is 1. The lowest BCUT2D eigenvalue weighted by Gasteiger charge is -2.10. The van der Waals surface area contributed by atoms with Gasteiger partial charge in [0.2, 0.25) is 0 Å². The van der Waals surface area contributed by atoms with Crippen LogP contribution in [0.3, 0.4) is 0 Å². The van der Waals surface area contributed by atoms with Gasteiger partial charge in [0.05, 0.1) is 0 Å². The Morgan fingerprint density at radius 2 is 2.28 bits per heavy atom. The molecule has 0 spiro atoms. The summed E-state index contributed by atoms with van der Waals surface area (Å²) < 4.78 is 0. The second-order valence-corrected chi connectivity index (χ2v) is 4.95. The molecule has 0 aliphatic rings. The largest absolute Gasteiger partial charge is 0.361 e. The van der Waals surface area contributed by atoms with Gasteiger partial charge < -0.3 is 10.3 Å². The molecule has 2 rings (SSSR count). The molecule has 1 aromatic heterocycles. The fourth-order valence-corrected chi connectivity index (χ4v) is 2.28. The van der Waals surface area contributed by atoms with Crippen LogP contribution in [-0.2, 0) is 6.54 Å².